The van der Waals surface area contributed by atoms with Gasteiger partial charge in [-0.15, -0.1) is 0 Å². The van der Waals surface area contributed by atoms with E-state index in [1.807, 2.05) is 42.8 Å². The van der Waals surface area contributed by atoms with Crippen molar-refractivity contribution < 1.29 is 18.4 Å². The lowest BCUT2D eigenvalue weighted by Gasteiger charge is -2.37. The largest absolute Gasteiger partial charge is 0.495 e. The molecule has 3 heterocycles. The molecule has 5 rings (SSSR count). The number of imidazole rings is 1. The Hall–Kier alpha value is -3.68. The third kappa shape index (κ3) is 4.17. The van der Waals surface area contributed by atoms with Gasteiger partial charge in [-0.3, -0.25) is 0 Å². The summed E-state index contributed by atoms with van der Waals surface area (Å²) in [5.74, 6) is -1.37. The number of alkyl halides is 2. The van der Waals surface area contributed by atoms with Crippen molar-refractivity contribution in [2.75, 3.05) is 13.7 Å². The second kappa shape index (κ2) is 8.52. The van der Waals surface area contributed by atoms with E-state index in [1.54, 1.807) is 25.6 Å². The second-order valence-corrected chi connectivity index (χ2v) is 9.23. The SMILES string of the molecule is COc1cc(/C=C2\CCCN3C2=NOC3(C)c2ccc(C(C)(F)F)cc2)ccc1-n1cnc(C)c1. The number of aromatic nitrogens is 2. The number of ether oxygens (including phenoxy) is 1. The number of fused-ring (bicyclic) bond motifs is 1. The lowest BCUT2D eigenvalue weighted by molar-refractivity contribution is -0.0913. The van der Waals surface area contributed by atoms with Crippen molar-refractivity contribution >= 4 is 11.9 Å². The fourth-order valence-corrected chi connectivity index (χ4v) is 4.69. The molecule has 2 aromatic carbocycles. The highest BCUT2D eigenvalue weighted by Gasteiger charge is 2.45. The average molecular weight is 479 g/mol. The summed E-state index contributed by atoms with van der Waals surface area (Å²) >= 11 is 0. The number of hydrogen-bond donors (Lipinski definition) is 0. The van der Waals surface area contributed by atoms with Gasteiger partial charge in [0.2, 0.25) is 5.72 Å². The van der Waals surface area contributed by atoms with Gasteiger partial charge in [-0.2, -0.15) is 0 Å². The predicted molar refractivity (Wildman–Crippen MR) is 131 cm³/mol. The zero-order valence-electron chi connectivity index (χ0n) is 20.3. The van der Waals surface area contributed by atoms with E-state index in [9.17, 15) is 8.78 Å². The van der Waals surface area contributed by atoms with Crippen LogP contribution in [0.1, 0.15) is 49.1 Å². The molecule has 0 aliphatic carbocycles. The number of piperidine rings is 1. The summed E-state index contributed by atoms with van der Waals surface area (Å²) < 4.78 is 34.9. The first-order valence-electron chi connectivity index (χ1n) is 11.6. The summed E-state index contributed by atoms with van der Waals surface area (Å²) in [7, 11) is 1.65. The number of benzene rings is 2. The van der Waals surface area contributed by atoms with Crippen molar-refractivity contribution in [1.82, 2.24) is 14.5 Å². The maximum absolute atomic E-state index is 13.7. The lowest BCUT2D eigenvalue weighted by Crippen LogP contribution is -2.47. The molecule has 6 nitrogen and oxygen atoms in total. The summed E-state index contributed by atoms with van der Waals surface area (Å²) in [6, 6.07) is 12.4. The maximum atomic E-state index is 13.7. The van der Waals surface area contributed by atoms with E-state index in [4.69, 9.17) is 9.57 Å². The molecule has 0 N–H and O–H groups in total. The van der Waals surface area contributed by atoms with Crippen LogP contribution in [0.5, 0.6) is 5.75 Å². The van der Waals surface area contributed by atoms with Crippen LogP contribution in [0.2, 0.25) is 0 Å². The topological polar surface area (TPSA) is 51.9 Å². The van der Waals surface area contributed by atoms with Gasteiger partial charge in [-0.1, -0.05) is 35.5 Å². The highest BCUT2D eigenvalue weighted by molar-refractivity contribution is 6.03. The Morgan fingerprint density at radius 1 is 1.17 bits per heavy atom. The van der Waals surface area contributed by atoms with Crippen LogP contribution in [-0.4, -0.2) is 33.9 Å². The first-order chi connectivity index (χ1) is 16.7. The first kappa shape index (κ1) is 23.1. The van der Waals surface area contributed by atoms with Crippen molar-refractivity contribution in [1.29, 1.82) is 0 Å². The van der Waals surface area contributed by atoms with Crippen molar-refractivity contribution in [2.24, 2.45) is 5.16 Å². The van der Waals surface area contributed by atoms with Crippen LogP contribution in [0, 0.1) is 6.92 Å². The van der Waals surface area contributed by atoms with Gasteiger partial charge < -0.3 is 19.0 Å². The van der Waals surface area contributed by atoms with Gasteiger partial charge in [-0.05, 0) is 49.1 Å². The zero-order chi connectivity index (χ0) is 24.8. The smallest absolute Gasteiger partial charge is 0.270 e. The van der Waals surface area contributed by atoms with Crippen LogP contribution in [-0.2, 0) is 16.5 Å². The standard InChI is InChI=1S/C27H28F2N4O2/c1-18-16-32(17-30-18)23-12-7-19(15-24(23)34-4)14-20-6-5-13-33-25(20)31-35-27(33,3)22-10-8-21(9-11-22)26(2,28)29/h7-12,14-17H,5-6,13H2,1-4H3/b20-14+. The van der Waals surface area contributed by atoms with Crippen molar-refractivity contribution in [2.45, 2.75) is 45.3 Å². The number of oxime groups is 1. The molecule has 0 saturated carbocycles. The van der Waals surface area contributed by atoms with Gasteiger partial charge >= 0.3 is 0 Å². The number of amidine groups is 1. The Bertz CT molecular complexity index is 1310. The van der Waals surface area contributed by atoms with Crippen molar-refractivity contribution in [3.8, 4) is 11.4 Å². The van der Waals surface area contributed by atoms with E-state index >= 15 is 0 Å². The van der Waals surface area contributed by atoms with E-state index in [1.165, 1.54) is 12.1 Å². The maximum Gasteiger partial charge on any atom is 0.270 e. The van der Waals surface area contributed by atoms with Crippen molar-refractivity contribution in [3.05, 3.63) is 82.9 Å². The molecule has 2 aliphatic rings. The van der Waals surface area contributed by atoms with Gasteiger partial charge in [0.05, 0.1) is 24.8 Å². The van der Waals surface area contributed by atoms with E-state index in [2.05, 4.69) is 21.1 Å². The molecule has 1 aromatic heterocycles. The van der Waals surface area contributed by atoms with Crippen LogP contribution in [0.3, 0.4) is 0 Å². The Morgan fingerprint density at radius 2 is 1.94 bits per heavy atom. The fourth-order valence-electron chi connectivity index (χ4n) is 4.69. The van der Waals surface area contributed by atoms with Crippen LogP contribution < -0.4 is 4.74 Å². The molecule has 2 aliphatic heterocycles. The van der Waals surface area contributed by atoms with Gasteiger partial charge in [0.1, 0.15) is 5.75 Å². The molecule has 1 atom stereocenters. The van der Waals surface area contributed by atoms with E-state index in [-0.39, 0.29) is 5.56 Å². The Labute approximate surface area is 203 Å². The highest BCUT2D eigenvalue weighted by atomic mass is 19.3. The molecular weight excluding hydrogens is 450 g/mol. The van der Waals surface area contributed by atoms with E-state index < -0.39 is 11.6 Å². The second-order valence-electron chi connectivity index (χ2n) is 9.23. The molecule has 35 heavy (non-hydrogen) atoms. The molecule has 1 fully saturated rings. The monoisotopic (exact) mass is 478 g/mol. The number of rotatable bonds is 5. The summed E-state index contributed by atoms with van der Waals surface area (Å²) in [4.78, 5) is 12.4. The third-order valence-corrected chi connectivity index (χ3v) is 6.66. The highest BCUT2D eigenvalue weighted by Crippen LogP contribution is 2.41. The summed E-state index contributed by atoms with van der Waals surface area (Å²) in [6.07, 6.45) is 7.61. The zero-order valence-corrected chi connectivity index (χ0v) is 20.3. The molecule has 0 radical (unpaired) electrons. The van der Waals surface area contributed by atoms with Gasteiger partial charge in [0.15, 0.2) is 5.84 Å². The number of methoxy groups -OCH3 is 1. The van der Waals surface area contributed by atoms with E-state index in [0.29, 0.717) is 0 Å². The van der Waals surface area contributed by atoms with Crippen LogP contribution in [0.4, 0.5) is 8.78 Å². The number of aryl methyl sites for hydroxylation is 1. The number of hydrogen-bond acceptors (Lipinski definition) is 5. The first-order valence-corrected chi connectivity index (χ1v) is 11.6. The molecule has 0 bridgehead atoms. The molecule has 1 saturated heterocycles. The average Bonchev–Trinajstić information content (AvgIpc) is 3.43. The molecule has 182 valence electrons. The van der Waals surface area contributed by atoms with Crippen LogP contribution in [0.25, 0.3) is 11.8 Å². The number of halogens is 2. The normalized spacial score (nSPS) is 21.0. The minimum Gasteiger partial charge on any atom is -0.495 e. The lowest BCUT2D eigenvalue weighted by atomic mass is 9.94. The third-order valence-electron chi connectivity index (χ3n) is 6.66. The van der Waals surface area contributed by atoms with Crippen LogP contribution >= 0.6 is 0 Å². The molecule has 0 amide bonds. The summed E-state index contributed by atoms with van der Waals surface area (Å²) in [6.45, 7) is 5.54. The predicted octanol–water partition coefficient (Wildman–Crippen LogP) is 6.00. The molecule has 8 heteroatoms. The Balaban J connectivity index is 1.43. The summed E-state index contributed by atoms with van der Waals surface area (Å²) in [5, 5.41) is 4.43. The summed E-state index contributed by atoms with van der Waals surface area (Å²) in [5.41, 5.74) is 3.81. The van der Waals surface area contributed by atoms with Gasteiger partial charge in [0.25, 0.3) is 5.92 Å². The minimum absolute atomic E-state index is 0.0218. The Morgan fingerprint density at radius 3 is 2.60 bits per heavy atom. The number of nitrogens with zero attached hydrogens (tertiary/aromatic N) is 4. The van der Waals surface area contributed by atoms with Crippen LogP contribution in [0.15, 0.2) is 65.7 Å². The molecule has 3 aromatic rings. The van der Waals surface area contributed by atoms with Crippen molar-refractivity contribution in [3.63, 3.8) is 0 Å². The van der Waals surface area contributed by atoms with E-state index in [0.717, 1.165) is 66.0 Å². The minimum atomic E-state index is -2.88. The Kier molecular flexibility index (Phi) is 5.62. The molecule has 0 spiro atoms. The van der Waals surface area contributed by atoms with Gasteiger partial charge in [-0.25, -0.2) is 13.8 Å². The molecule has 1 unspecified atom stereocenters. The fraction of sp³-hybridized carbons (Fsp3) is 0.333. The molecular formula is C27H28F2N4O2. The van der Waals surface area contributed by atoms with Gasteiger partial charge in [0, 0.05) is 37.7 Å². The quantitative estimate of drug-likeness (QED) is 0.452.